The van der Waals surface area contributed by atoms with Crippen molar-refractivity contribution in [3.05, 3.63) is 59.1 Å². The molecule has 0 saturated carbocycles. The Labute approximate surface area is 389 Å². The Hall–Kier alpha value is -2.53. The second-order valence-electron chi connectivity index (χ2n) is 18.8. The van der Waals surface area contributed by atoms with Gasteiger partial charge >= 0.3 is 19.8 Å². The van der Waals surface area contributed by atoms with Crippen LogP contribution >= 0.6 is 7.82 Å². The van der Waals surface area contributed by atoms with Gasteiger partial charge in [0.05, 0.1) is 40.0 Å². The molecule has 64 heavy (non-hydrogen) atoms. The first-order chi connectivity index (χ1) is 30.7. The van der Waals surface area contributed by atoms with Gasteiger partial charge in [0.25, 0.3) is 0 Å². The van der Waals surface area contributed by atoms with Gasteiger partial charge in [-0.25, -0.2) is 4.57 Å². The van der Waals surface area contributed by atoms with E-state index in [0.29, 0.717) is 36.1 Å². The average Bonchev–Trinajstić information content (AvgIpc) is 3.94. The fourth-order valence-electron chi connectivity index (χ4n) is 7.46. The van der Waals surface area contributed by atoms with E-state index in [1.807, 2.05) is 21.1 Å². The Morgan fingerprint density at radius 3 is 1.84 bits per heavy atom. The second-order valence-corrected chi connectivity index (χ2v) is 20.3. The van der Waals surface area contributed by atoms with Crippen molar-refractivity contribution in [2.45, 2.75) is 213 Å². The summed E-state index contributed by atoms with van der Waals surface area (Å²) < 4.78 is 46.4. The number of phosphoric ester groups is 1. The van der Waals surface area contributed by atoms with E-state index in [2.05, 4.69) is 64.2 Å². The van der Waals surface area contributed by atoms with Gasteiger partial charge in [-0.05, 0) is 82.8 Å². The maximum atomic E-state index is 12.8. The topological polar surface area (TPSA) is 134 Å². The summed E-state index contributed by atoms with van der Waals surface area (Å²) in [6.45, 7) is 8.67. The van der Waals surface area contributed by atoms with E-state index in [4.69, 9.17) is 27.7 Å². The molecule has 1 N–H and O–H groups in total. The molecule has 0 bridgehead atoms. The lowest BCUT2D eigenvalue weighted by atomic mass is 10.0. The number of likely N-dealkylation sites (N-methyl/N-ethyl adjacent to an activating group) is 1. The molecule has 2 rings (SSSR count). The Bertz CT molecular complexity index is 1530. The van der Waals surface area contributed by atoms with E-state index < -0.39 is 32.5 Å². The fraction of sp³-hybridized carbons (Fsp3) is 0.769. The van der Waals surface area contributed by atoms with Gasteiger partial charge in [0, 0.05) is 25.7 Å². The smallest absolute Gasteiger partial charge is 0.466 e. The molecule has 12 heteroatoms. The molecule has 0 aromatic carbocycles. The number of carbonyl (C=O) groups excluding carboxylic acids is 2. The van der Waals surface area contributed by atoms with Gasteiger partial charge in [0.15, 0.2) is 6.10 Å². The minimum Gasteiger partial charge on any atom is -0.466 e. The number of epoxide rings is 1. The summed E-state index contributed by atoms with van der Waals surface area (Å²) in [7, 11) is 1.42. The summed E-state index contributed by atoms with van der Waals surface area (Å²) in [6, 6.07) is 0. The summed E-state index contributed by atoms with van der Waals surface area (Å²) in [5.74, 6) is 1.49. The molecule has 11 nitrogen and oxygen atoms in total. The molecule has 0 radical (unpaired) electrons. The quantitative estimate of drug-likeness (QED) is 0.0169. The summed E-state index contributed by atoms with van der Waals surface area (Å²) in [4.78, 5) is 35.6. The van der Waals surface area contributed by atoms with Crippen molar-refractivity contribution < 1.29 is 51.2 Å². The number of ether oxygens (including phenoxy) is 3. The number of rotatable bonds is 41. The van der Waals surface area contributed by atoms with Crippen molar-refractivity contribution >= 4 is 19.8 Å². The fourth-order valence-corrected chi connectivity index (χ4v) is 8.20. The van der Waals surface area contributed by atoms with E-state index in [1.54, 1.807) is 0 Å². The molecular weight excluding hydrogens is 830 g/mol. The predicted octanol–water partition coefficient (Wildman–Crippen LogP) is 13.1. The van der Waals surface area contributed by atoms with Crippen LogP contribution in [-0.2, 0) is 50.3 Å². The van der Waals surface area contributed by atoms with Crippen molar-refractivity contribution in [2.75, 3.05) is 47.5 Å². The molecular formula is C52H91NO10P+. The zero-order valence-corrected chi connectivity index (χ0v) is 42.3. The minimum atomic E-state index is -4.41. The van der Waals surface area contributed by atoms with E-state index in [9.17, 15) is 19.0 Å². The van der Waals surface area contributed by atoms with Crippen molar-refractivity contribution in [1.82, 2.24) is 0 Å². The van der Waals surface area contributed by atoms with Crippen molar-refractivity contribution in [3.63, 3.8) is 0 Å². The third-order valence-corrected chi connectivity index (χ3v) is 12.8. The number of hydrogen-bond donors (Lipinski definition) is 1. The van der Waals surface area contributed by atoms with E-state index in [0.717, 1.165) is 57.8 Å². The molecule has 3 unspecified atom stereocenters. The molecule has 0 spiro atoms. The molecule has 2 heterocycles. The molecule has 1 fully saturated rings. The number of quaternary nitrogens is 1. The third kappa shape index (κ3) is 29.9. The Balaban J connectivity index is 1.61. The van der Waals surface area contributed by atoms with Crippen molar-refractivity contribution in [2.24, 2.45) is 0 Å². The van der Waals surface area contributed by atoms with Gasteiger partial charge in [0.1, 0.15) is 31.3 Å². The van der Waals surface area contributed by atoms with Gasteiger partial charge in [-0.15, -0.1) is 0 Å². The normalized spacial score (nSPS) is 16.9. The number of unbranched alkanes of at least 4 members (excludes halogenated alkanes) is 14. The lowest BCUT2D eigenvalue weighted by Gasteiger charge is -2.24. The molecule has 1 saturated heterocycles. The maximum Gasteiger partial charge on any atom is 0.472 e. The third-order valence-electron chi connectivity index (χ3n) is 11.8. The first-order valence-corrected chi connectivity index (χ1v) is 26.7. The number of furan rings is 1. The van der Waals surface area contributed by atoms with Crippen molar-refractivity contribution in [3.8, 4) is 0 Å². The monoisotopic (exact) mass is 921 g/mol. The molecule has 368 valence electrons. The number of nitrogens with zero attached hydrogens (tertiary/aromatic N) is 1. The number of allylic oxidation sites excluding steroid dienone is 5. The first kappa shape index (κ1) is 57.6. The molecule has 4 atom stereocenters. The molecule has 1 aliphatic heterocycles. The molecule has 1 aromatic heterocycles. The van der Waals surface area contributed by atoms with E-state index in [1.165, 1.54) is 106 Å². The van der Waals surface area contributed by atoms with Crippen LogP contribution in [0.15, 0.2) is 40.9 Å². The number of phosphoric acid groups is 1. The molecule has 1 aliphatic rings. The standard InChI is InChI=1S/C52H90NO10P/c1-8-10-28-34-47-44(3)45(4)48(62-47)35-30-24-20-16-12-15-19-23-27-33-39-52(55)61-46(43-60-64(56,57)59-41-40-53(5,6)7)42-58-51(54)38-32-26-22-18-14-13-17-21-25-31-37-50-49(63-50)36-29-11-9-2/h13,17-18,22,25,31,46,49-50H,8-12,14-16,19-21,23-24,26-30,32-43H2,1-7H3/p+1/b17-13-,22-18-,31-25-/t46-,49?,50?/m1/s1. The zero-order chi connectivity index (χ0) is 46.9. The first-order valence-electron chi connectivity index (χ1n) is 25.2. The van der Waals surface area contributed by atoms with E-state index >= 15 is 0 Å². The summed E-state index contributed by atoms with van der Waals surface area (Å²) in [5, 5.41) is 0. The molecule has 1 aromatic rings. The number of aryl methyl sites for hydroxylation is 2. The summed E-state index contributed by atoms with van der Waals surface area (Å²) in [5.41, 5.74) is 2.69. The number of esters is 2. The highest BCUT2D eigenvalue weighted by molar-refractivity contribution is 7.47. The Morgan fingerprint density at radius 2 is 1.22 bits per heavy atom. The molecule has 0 amide bonds. The van der Waals surface area contributed by atoms with Crippen LogP contribution in [0.5, 0.6) is 0 Å². The number of hydrogen-bond acceptors (Lipinski definition) is 9. The maximum absolute atomic E-state index is 12.8. The van der Waals surface area contributed by atoms with Crippen LogP contribution in [0.4, 0.5) is 0 Å². The van der Waals surface area contributed by atoms with Crippen LogP contribution in [0.3, 0.4) is 0 Å². The lowest BCUT2D eigenvalue weighted by Crippen LogP contribution is -2.37. The summed E-state index contributed by atoms with van der Waals surface area (Å²) in [6.07, 6.45) is 39.0. The van der Waals surface area contributed by atoms with Gasteiger partial charge in [-0.1, -0.05) is 134 Å². The van der Waals surface area contributed by atoms with Crippen LogP contribution in [0.2, 0.25) is 0 Å². The van der Waals surface area contributed by atoms with Crippen LogP contribution in [-0.4, -0.2) is 87.1 Å². The van der Waals surface area contributed by atoms with Gasteiger partial charge < -0.3 is 28.0 Å². The Kier molecular flexibility index (Phi) is 31.3. The average molecular weight is 921 g/mol. The van der Waals surface area contributed by atoms with Gasteiger partial charge in [-0.2, -0.15) is 0 Å². The highest BCUT2D eigenvalue weighted by Crippen LogP contribution is 2.43. The van der Waals surface area contributed by atoms with Crippen LogP contribution < -0.4 is 0 Å². The summed E-state index contributed by atoms with van der Waals surface area (Å²) >= 11 is 0. The predicted molar refractivity (Wildman–Crippen MR) is 259 cm³/mol. The minimum absolute atomic E-state index is 0.0149. The Morgan fingerprint density at radius 1 is 0.672 bits per heavy atom. The van der Waals surface area contributed by atoms with E-state index in [-0.39, 0.29) is 26.1 Å². The second kappa shape index (κ2) is 34.7. The molecule has 0 aliphatic carbocycles. The highest BCUT2D eigenvalue weighted by atomic mass is 31.2. The lowest BCUT2D eigenvalue weighted by molar-refractivity contribution is -0.870. The van der Waals surface area contributed by atoms with Gasteiger partial charge in [0.2, 0.25) is 0 Å². The highest BCUT2D eigenvalue weighted by Gasteiger charge is 2.36. The zero-order valence-electron chi connectivity index (χ0n) is 41.4. The SMILES string of the molecule is CCCCCc1oc(CCCCCCCCCCCCC(=O)O[C@H](COC(=O)CCC/C=C\C/C=C\C/C=C\CC2OC2CCCCC)COP(=O)(O)OCC[N+](C)(C)C)c(C)c1C. The largest absolute Gasteiger partial charge is 0.472 e. The van der Waals surface area contributed by atoms with Crippen LogP contribution in [0.1, 0.15) is 191 Å². The van der Waals surface area contributed by atoms with Crippen LogP contribution in [0.25, 0.3) is 0 Å². The van der Waals surface area contributed by atoms with Gasteiger partial charge in [-0.3, -0.25) is 18.6 Å². The number of carbonyl (C=O) groups is 2. The van der Waals surface area contributed by atoms with Crippen molar-refractivity contribution in [1.29, 1.82) is 0 Å². The van der Waals surface area contributed by atoms with Crippen LogP contribution in [0, 0.1) is 13.8 Å².